The van der Waals surface area contributed by atoms with Gasteiger partial charge >= 0.3 is 5.97 Å². The standard InChI is InChI=1S/C15H17N3O3/c19-14(10-8-11(10)15(20)21)16-6-3-7-18-9-17-12-4-1-2-5-13(12)18/h1-2,4-5,9-11H,3,6-8H2,(H,16,19)(H,20,21). The zero-order valence-electron chi connectivity index (χ0n) is 11.5. The van der Waals surface area contributed by atoms with Crippen LogP contribution in [0.15, 0.2) is 30.6 Å². The van der Waals surface area contributed by atoms with Crippen molar-refractivity contribution >= 4 is 22.9 Å². The van der Waals surface area contributed by atoms with E-state index < -0.39 is 11.9 Å². The Labute approximate surface area is 121 Å². The predicted molar refractivity (Wildman–Crippen MR) is 76.6 cm³/mol. The molecule has 1 fully saturated rings. The molecule has 0 spiro atoms. The second-order valence-electron chi connectivity index (χ2n) is 5.36. The molecule has 1 aliphatic rings. The van der Waals surface area contributed by atoms with E-state index in [4.69, 9.17) is 5.11 Å². The maximum atomic E-state index is 11.7. The Bertz CT molecular complexity index is 680. The van der Waals surface area contributed by atoms with Gasteiger partial charge in [0.05, 0.1) is 29.2 Å². The molecule has 1 heterocycles. The van der Waals surface area contributed by atoms with Crippen LogP contribution in [-0.4, -0.2) is 33.1 Å². The van der Waals surface area contributed by atoms with E-state index in [1.165, 1.54) is 0 Å². The van der Waals surface area contributed by atoms with Crippen LogP contribution in [0.5, 0.6) is 0 Å². The fraction of sp³-hybridized carbons (Fsp3) is 0.400. The molecule has 2 aromatic rings. The van der Waals surface area contributed by atoms with Crippen molar-refractivity contribution in [3.05, 3.63) is 30.6 Å². The zero-order valence-corrected chi connectivity index (χ0v) is 11.5. The lowest BCUT2D eigenvalue weighted by Crippen LogP contribution is -2.27. The molecule has 21 heavy (non-hydrogen) atoms. The number of aromatic nitrogens is 2. The minimum atomic E-state index is -0.875. The summed E-state index contributed by atoms with van der Waals surface area (Å²) in [4.78, 5) is 26.7. The second kappa shape index (κ2) is 5.55. The molecule has 2 N–H and O–H groups in total. The molecular formula is C15H17N3O3. The molecule has 2 atom stereocenters. The van der Waals surface area contributed by atoms with Crippen molar-refractivity contribution < 1.29 is 14.7 Å². The number of fused-ring (bicyclic) bond motifs is 1. The Morgan fingerprint density at radius 1 is 1.33 bits per heavy atom. The lowest BCUT2D eigenvalue weighted by Gasteiger charge is -2.06. The highest BCUT2D eigenvalue weighted by atomic mass is 16.4. The molecule has 6 nitrogen and oxygen atoms in total. The number of carbonyl (C=O) groups excluding carboxylic acids is 1. The van der Waals surface area contributed by atoms with Gasteiger partial charge in [-0.1, -0.05) is 12.1 Å². The maximum Gasteiger partial charge on any atom is 0.307 e. The van der Waals surface area contributed by atoms with Gasteiger partial charge in [0.2, 0.25) is 5.91 Å². The fourth-order valence-electron chi connectivity index (χ4n) is 2.54. The lowest BCUT2D eigenvalue weighted by molar-refractivity contribution is -0.140. The first-order valence-corrected chi connectivity index (χ1v) is 7.07. The third-order valence-corrected chi connectivity index (χ3v) is 3.85. The Morgan fingerprint density at radius 3 is 2.90 bits per heavy atom. The third kappa shape index (κ3) is 2.89. The quantitative estimate of drug-likeness (QED) is 0.783. The van der Waals surface area contributed by atoms with Crippen LogP contribution in [0.25, 0.3) is 11.0 Å². The summed E-state index contributed by atoms with van der Waals surface area (Å²) in [5.74, 6) is -1.84. The Balaban J connectivity index is 1.45. The van der Waals surface area contributed by atoms with E-state index in [1.54, 1.807) is 6.33 Å². The van der Waals surface area contributed by atoms with E-state index in [0.717, 1.165) is 24.0 Å². The van der Waals surface area contributed by atoms with Crippen LogP contribution in [0.3, 0.4) is 0 Å². The van der Waals surface area contributed by atoms with Gasteiger partial charge in [-0.2, -0.15) is 0 Å². The van der Waals surface area contributed by atoms with E-state index in [1.807, 2.05) is 24.3 Å². The van der Waals surface area contributed by atoms with Gasteiger partial charge in [-0.25, -0.2) is 4.98 Å². The van der Waals surface area contributed by atoms with Crippen LogP contribution in [0.1, 0.15) is 12.8 Å². The monoisotopic (exact) mass is 287 g/mol. The third-order valence-electron chi connectivity index (χ3n) is 3.85. The summed E-state index contributed by atoms with van der Waals surface area (Å²) < 4.78 is 2.05. The van der Waals surface area contributed by atoms with Gasteiger partial charge in [-0.15, -0.1) is 0 Å². The number of carboxylic acids is 1. The normalized spacial score (nSPS) is 20.4. The Hall–Kier alpha value is -2.37. The number of nitrogens with zero attached hydrogens (tertiary/aromatic N) is 2. The first kappa shape index (κ1) is 13.6. The minimum Gasteiger partial charge on any atom is -0.481 e. The summed E-state index contributed by atoms with van der Waals surface area (Å²) in [7, 11) is 0. The van der Waals surface area contributed by atoms with Crippen molar-refractivity contribution in [1.82, 2.24) is 14.9 Å². The number of amides is 1. The average Bonchev–Trinajstić information content (AvgIpc) is 3.19. The maximum absolute atomic E-state index is 11.7. The van der Waals surface area contributed by atoms with Gasteiger partial charge in [0.25, 0.3) is 0 Å². The van der Waals surface area contributed by atoms with Crippen LogP contribution in [0, 0.1) is 11.8 Å². The number of aliphatic carboxylic acids is 1. The molecule has 3 rings (SSSR count). The predicted octanol–water partition coefficient (Wildman–Crippen LogP) is 1.26. The summed E-state index contributed by atoms with van der Waals surface area (Å²) >= 11 is 0. The highest BCUT2D eigenvalue weighted by Gasteiger charge is 2.48. The fourth-order valence-corrected chi connectivity index (χ4v) is 2.54. The van der Waals surface area contributed by atoms with Crippen molar-refractivity contribution in [3.8, 4) is 0 Å². The molecule has 1 aromatic carbocycles. The molecule has 1 aliphatic carbocycles. The molecule has 0 aliphatic heterocycles. The molecule has 1 saturated carbocycles. The second-order valence-corrected chi connectivity index (χ2v) is 5.36. The topological polar surface area (TPSA) is 84.2 Å². The number of para-hydroxylation sites is 2. The van der Waals surface area contributed by atoms with Gasteiger partial charge in [-0.05, 0) is 25.0 Å². The van der Waals surface area contributed by atoms with Gasteiger partial charge in [0.15, 0.2) is 0 Å². The smallest absolute Gasteiger partial charge is 0.307 e. The van der Waals surface area contributed by atoms with E-state index in [0.29, 0.717) is 13.0 Å². The van der Waals surface area contributed by atoms with Crippen molar-refractivity contribution in [2.45, 2.75) is 19.4 Å². The molecule has 0 bridgehead atoms. The summed E-state index contributed by atoms with van der Waals surface area (Å²) in [5.41, 5.74) is 2.04. The lowest BCUT2D eigenvalue weighted by atomic mass is 10.3. The number of rotatable bonds is 6. The summed E-state index contributed by atoms with van der Waals surface area (Å²) in [6, 6.07) is 7.91. The number of carboxylic acid groups (broad SMARTS) is 1. The molecule has 2 unspecified atom stereocenters. The minimum absolute atomic E-state index is 0.141. The number of hydrogen-bond donors (Lipinski definition) is 2. The van der Waals surface area contributed by atoms with E-state index >= 15 is 0 Å². The molecule has 0 saturated heterocycles. The van der Waals surface area contributed by atoms with Crippen molar-refractivity contribution in [3.63, 3.8) is 0 Å². The number of aryl methyl sites for hydroxylation is 1. The number of benzene rings is 1. The molecule has 110 valence electrons. The van der Waals surface area contributed by atoms with Crippen LogP contribution in [0.2, 0.25) is 0 Å². The van der Waals surface area contributed by atoms with Crippen molar-refractivity contribution in [1.29, 1.82) is 0 Å². The summed E-state index contributed by atoms with van der Waals surface area (Å²) in [5, 5.41) is 11.6. The molecular weight excluding hydrogens is 270 g/mol. The van der Waals surface area contributed by atoms with Gasteiger partial charge in [0.1, 0.15) is 0 Å². The summed E-state index contributed by atoms with van der Waals surface area (Å²) in [6.07, 6.45) is 3.05. The van der Waals surface area contributed by atoms with Crippen LogP contribution < -0.4 is 5.32 Å². The number of carbonyl (C=O) groups is 2. The largest absolute Gasteiger partial charge is 0.481 e. The van der Waals surface area contributed by atoms with Crippen molar-refractivity contribution in [2.75, 3.05) is 6.54 Å². The Morgan fingerprint density at radius 2 is 2.14 bits per heavy atom. The Kier molecular flexibility index (Phi) is 3.60. The molecule has 6 heteroatoms. The van der Waals surface area contributed by atoms with Crippen LogP contribution in [-0.2, 0) is 16.1 Å². The van der Waals surface area contributed by atoms with Crippen LogP contribution in [0.4, 0.5) is 0 Å². The molecule has 1 amide bonds. The zero-order chi connectivity index (χ0) is 14.8. The van der Waals surface area contributed by atoms with Crippen LogP contribution >= 0.6 is 0 Å². The van der Waals surface area contributed by atoms with E-state index in [-0.39, 0.29) is 11.8 Å². The highest BCUT2D eigenvalue weighted by Crippen LogP contribution is 2.38. The van der Waals surface area contributed by atoms with E-state index in [9.17, 15) is 9.59 Å². The first-order valence-electron chi connectivity index (χ1n) is 7.07. The number of nitrogens with one attached hydrogen (secondary N) is 1. The van der Waals surface area contributed by atoms with Gasteiger partial charge in [0, 0.05) is 13.1 Å². The van der Waals surface area contributed by atoms with Gasteiger partial charge < -0.3 is 15.0 Å². The SMILES string of the molecule is O=C(O)C1CC1C(=O)NCCCn1cnc2ccccc21. The molecule has 1 aromatic heterocycles. The first-order chi connectivity index (χ1) is 10.2. The summed E-state index contributed by atoms with van der Waals surface area (Å²) in [6.45, 7) is 1.32. The number of hydrogen-bond acceptors (Lipinski definition) is 3. The molecule has 0 radical (unpaired) electrons. The highest BCUT2D eigenvalue weighted by molar-refractivity contribution is 5.89. The van der Waals surface area contributed by atoms with Gasteiger partial charge in [-0.3, -0.25) is 9.59 Å². The van der Waals surface area contributed by atoms with E-state index in [2.05, 4.69) is 14.9 Å². The average molecular weight is 287 g/mol. The van der Waals surface area contributed by atoms with Crippen molar-refractivity contribution in [2.24, 2.45) is 11.8 Å². The number of imidazole rings is 1.